The summed E-state index contributed by atoms with van der Waals surface area (Å²) in [6, 6.07) is 12.6. The highest BCUT2D eigenvalue weighted by atomic mass is 16.3. The molecule has 0 saturated carbocycles. The van der Waals surface area contributed by atoms with Crippen LogP contribution >= 0.6 is 0 Å². The van der Waals surface area contributed by atoms with Gasteiger partial charge in [0.05, 0.1) is 30.1 Å². The van der Waals surface area contributed by atoms with Gasteiger partial charge in [-0.15, -0.1) is 0 Å². The molecule has 30 heavy (non-hydrogen) atoms. The monoisotopic (exact) mass is 403 g/mol. The van der Waals surface area contributed by atoms with E-state index in [0.717, 1.165) is 59.5 Å². The minimum atomic E-state index is -0.156. The zero-order chi connectivity index (χ0) is 21.1. The quantitative estimate of drug-likeness (QED) is 0.585. The number of nitrogens with zero attached hydrogens (tertiary/aromatic N) is 2. The number of aryl methyl sites for hydroxylation is 3. The van der Waals surface area contributed by atoms with Crippen molar-refractivity contribution in [3.05, 3.63) is 70.5 Å². The van der Waals surface area contributed by atoms with Gasteiger partial charge >= 0.3 is 0 Å². The van der Waals surface area contributed by atoms with Gasteiger partial charge in [0.15, 0.2) is 5.82 Å². The highest BCUT2D eigenvalue weighted by Crippen LogP contribution is 2.33. The van der Waals surface area contributed by atoms with E-state index in [1.54, 1.807) is 24.3 Å². The summed E-state index contributed by atoms with van der Waals surface area (Å²) < 4.78 is 0. The summed E-state index contributed by atoms with van der Waals surface area (Å²) in [6.45, 7) is 2.10. The number of aromatic nitrogens is 2. The van der Waals surface area contributed by atoms with Gasteiger partial charge in [-0.1, -0.05) is 43.7 Å². The van der Waals surface area contributed by atoms with Gasteiger partial charge in [-0.05, 0) is 48.1 Å². The summed E-state index contributed by atoms with van der Waals surface area (Å²) in [7, 11) is 0. The van der Waals surface area contributed by atoms with Crippen molar-refractivity contribution in [3.63, 3.8) is 0 Å². The number of hydrogen-bond acceptors (Lipinski definition) is 5. The number of phenols is 1. The minimum Gasteiger partial charge on any atom is -0.508 e. The van der Waals surface area contributed by atoms with E-state index in [9.17, 15) is 15.0 Å². The lowest BCUT2D eigenvalue weighted by Crippen LogP contribution is -2.19. The first-order valence-electron chi connectivity index (χ1n) is 10.3. The fourth-order valence-corrected chi connectivity index (χ4v) is 3.82. The van der Waals surface area contributed by atoms with Crippen molar-refractivity contribution in [3.8, 4) is 17.0 Å². The number of carbonyl (C=O) groups excluding carboxylic acids is 1. The standard InChI is InChI=1S/C24H25N3O3/c1-2-3-21-24(27-22(30)13-15-4-8-18(29)9-5-15)26-20-11-7-17-12-16(14-28)6-10-19(17)23(20)25-21/h4-6,8-10,12,28-29H,2-3,7,11,13-14H2,1H3,(H,26,27,30). The second kappa shape index (κ2) is 8.63. The first kappa shape index (κ1) is 20.0. The molecule has 0 saturated heterocycles. The van der Waals surface area contributed by atoms with Gasteiger partial charge in [0, 0.05) is 5.56 Å². The number of aromatic hydroxyl groups is 1. The average molecular weight is 403 g/mol. The van der Waals surface area contributed by atoms with E-state index in [4.69, 9.17) is 9.97 Å². The Morgan fingerprint density at radius 2 is 1.83 bits per heavy atom. The Labute approximate surface area is 175 Å². The summed E-state index contributed by atoms with van der Waals surface area (Å²) in [5.41, 5.74) is 6.50. The molecule has 0 unspecified atom stereocenters. The average Bonchev–Trinajstić information content (AvgIpc) is 2.75. The molecule has 2 aromatic carbocycles. The SMILES string of the molecule is CCCc1nc2c(nc1NC(=O)Cc1ccc(O)cc1)CCc1cc(CO)ccc1-2. The molecule has 1 heterocycles. The molecule has 3 aromatic rings. The molecule has 154 valence electrons. The molecule has 0 aliphatic heterocycles. The normalized spacial score (nSPS) is 12.2. The first-order chi connectivity index (χ1) is 14.6. The number of amides is 1. The third kappa shape index (κ3) is 4.19. The molecule has 1 aromatic heterocycles. The van der Waals surface area contributed by atoms with Gasteiger partial charge in [0.2, 0.25) is 5.91 Å². The van der Waals surface area contributed by atoms with Crippen molar-refractivity contribution in [2.45, 2.75) is 45.6 Å². The third-order valence-electron chi connectivity index (χ3n) is 5.32. The van der Waals surface area contributed by atoms with Crippen molar-refractivity contribution in [2.24, 2.45) is 0 Å². The number of anilines is 1. The van der Waals surface area contributed by atoms with Crippen molar-refractivity contribution in [2.75, 3.05) is 5.32 Å². The zero-order valence-corrected chi connectivity index (χ0v) is 17.0. The predicted octanol–water partition coefficient (Wildman–Crippen LogP) is 3.57. The number of hydrogen-bond donors (Lipinski definition) is 3. The number of nitrogens with one attached hydrogen (secondary N) is 1. The topological polar surface area (TPSA) is 95.3 Å². The van der Waals surface area contributed by atoms with Crippen LogP contribution in [0.1, 0.15) is 41.4 Å². The first-order valence-corrected chi connectivity index (χ1v) is 10.3. The Balaban J connectivity index is 1.62. The maximum atomic E-state index is 12.6. The fourth-order valence-electron chi connectivity index (χ4n) is 3.82. The molecule has 3 N–H and O–H groups in total. The van der Waals surface area contributed by atoms with Gasteiger partial charge in [0.25, 0.3) is 0 Å². The second-order valence-electron chi connectivity index (χ2n) is 7.61. The Hall–Kier alpha value is -3.25. The Bertz CT molecular complexity index is 1080. The van der Waals surface area contributed by atoms with Crippen LogP contribution in [0.25, 0.3) is 11.3 Å². The number of phenolic OH excluding ortho intramolecular Hbond substituents is 1. The van der Waals surface area contributed by atoms with Crippen LogP contribution < -0.4 is 5.32 Å². The molecule has 1 amide bonds. The molecule has 1 aliphatic rings. The number of carbonyl (C=O) groups is 1. The maximum absolute atomic E-state index is 12.6. The summed E-state index contributed by atoms with van der Waals surface area (Å²) >= 11 is 0. The zero-order valence-electron chi connectivity index (χ0n) is 17.0. The molecule has 0 bridgehead atoms. The van der Waals surface area contributed by atoms with Crippen LogP contribution in [-0.2, 0) is 37.1 Å². The molecule has 4 rings (SSSR count). The van der Waals surface area contributed by atoms with Gasteiger partial charge in [-0.2, -0.15) is 0 Å². The number of rotatable bonds is 6. The molecule has 6 heteroatoms. The van der Waals surface area contributed by atoms with Crippen LogP contribution in [0.3, 0.4) is 0 Å². The van der Waals surface area contributed by atoms with Gasteiger partial charge < -0.3 is 15.5 Å². The molecular weight excluding hydrogens is 378 g/mol. The van der Waals surface area contributed by atoms with Crippen molar-refractivity contribution >= 4 is 11.7 Å². The predicted molar refractivity (Wildman–Crippen MR) is 115 cm³/mol. The van der Waals surface area contributed by atoms with E-state index < -0.39 is 0 Å². The van der Waals surface area contributed by atoms with E-state index in [1.165, 1.54) is 5.56 Å². The summed E-state index contributed by atoms with van der Waals surface area (Å²) in [4.78, 5) is 22.3. The number of fused-ring (bicyclic) bond motifs is 3. The second-order valence-corrected chi connectivity index (χ2v) is 7.61. The highest BCUT2D eigenvalue weighted by molar-refractivity contribution is 5.92. The van der Waals surface area contributed by atoms with Crippen molar-refractivity contribution < 1.29 is 15.0 Å². The smallest absolute Gasteiger partial charge is 0.229 e. The molecule has 0 fully saturated rings. The van der Waals surface area contributed by atoms with E-state index in [1.807, 2.05) is 18.2 Å². The van der Waals surface area contributed by atoms with E-state index in [-0.39, 0.29) is 24.7 Å². The van der Waals surface area contributed by atoms with Crippen LogP contribution in [0.2, 0.25) is 0 Å². The van der Waals surface area contributed by atoms with Crippen LogP contribution in [0.15, 0.2) is 42.5 Å². The van der Waals surface area contributed by atoms with Gasteiger partial charge in [-0.3, -0.25) is 4.79 Å². The van der Waals surface area contributed by atoms with E-state index in [0.29, 0.717) is 5.82 Å². The van der Waals surface area contributed by atoms with Crippen molar-refractivity contribution in [1.82, 2.24) is 9.97 Å². The largest absolute Gasteiger partial charge is 0.508 e. The van der Waals surface area contributed by atoms with E-state index in [2.05, 4.69) is 12.2 Å². The summed E-state index contributed by atoms with van der Waals surface area (Å²) in [5, 5.41) is 21.8. The van der Waals surface area contributed by atoms with Gasteiger partial charge in [0.1, 0.15) is 5.75 Å². The van der Waals surface area contributed by atoms with Crippen molar-refractivity contribution in [1.29, 1.82) is 0 Å². The van der Waals surface area contributed by atoms with Crippen LogP contribution in [0.5, 0.6) is 5.75 Å². The van der Waals surface area contributed by atoms with E-state index >= 15 is 0 Å². The van der Waals surface area contributed by atoms with Gasteiger partial charge in [-0.25, -0.2) is 9.97 Å². The number of aliphatic hydroxyl groups is 1. The molecule has 0 atom stereocenters. The Morgan fingerprint density at radius 3 is 2.57 bits per heavy atom. The third-order valence-corrected chi connectivity index (χ3v) is 5.32. The Morgan fingerprint density at radius 1 is 1.07 bits per heavy atom. The lowest BCUT2D eigenvalue weighted by Gasteiger charge is -2.21. The highest BCUT2D eigenvalue weighted by Gasteiger charge is 2.22. The summed E-state index contributed by atoms with van der Waals surface area (Å²) in [5.74, 6) is 0.558. The Kier molecular flexibility index (Phi) is 5.77. The minimum absolute atomic E-state index is 0.0267. The molecule has 6 nitrogen and oxygen atoms in total. The molecule has 1 aliphatic carbocycles. The molecule has 0 radical (unpaired) electrons. The summed E-state index contributed by atoms with van der Waals surface area (Å²) in [6.07, 6.45) is 3.40. The number of aliphatic hydroxyl groups excluding tert-OH is 1. The molecule has 0 spiro atoms. The fraction of sp³-hybridized carbons (Fsp3) is 0.292. The lowest BCUT2D eigenvalue weighted by atomic mass is 9.90. The van der Waals surface area contributed by atoms with Crippen LogP contribution in [-0.4, -0.2) is 26.1 Å². The maximum Gasteiger partial charge on any atom is 0.229 e. The van der Waals surface area contributed by atoms with Crippen LogP contribution in [0.4, 0.5) is 5.82 Å². The van der Waals surface area contributed by atoms with Crippen LogP contribution in [0, 0.1) is 0 Å². The lowest BCUT2D eigenvalue weighted by molar-refractivity contribution is -0.115. The molecular formula is C24H25N3O3. The number of benzene rings is 2.